The molecule has 3 N–H and O–H groups in total. The van der Waals surface area contributed by atoms with Gasteiger partial charge in [-0.25, -0.2) is 4.79 Å². The van der Waals surface area contributed by atoms with Crippen LogP contribution in [0.4, 0.5) is 0 Å². The molecule has 0 radical (unpaired) electrons. The number of esters is 2. The van der Waals surface area contributed by atoms with E-state index in [0.29, 0.717) is 19.6 Å². The summed E-state index contributed by atoms with van der Waals surface area (Å²) in [7, 11) is 8.38. The van der Waals surface area contributed by atoms with E-state index in [1.54, 1.807) is 51.7 Å². The highest BCUT2D eigenvalue weighted by Gasteiger charge is 2.91. The van der Waals surface area contributed by atoms with Crippen molar-refractivity contribution in [3.05, 3.63) is 35.9 Å². The number of hydrogen-bond acceptors (Lipinski definition) is 12. The van der Waals surface area contributed by atoms with Crippen LogP contribution in [0.15, 0.2) is 30.3 Å². The standard InChI is InChI=1S/C35H47NO12/c1-36-16-32(17-43-2)14-13-20(44-3)34-19-15-33(42)29(47-31(41)18-9-7-6-8-10-18)23(19)35(28(40)30(33)46-5,48-22(39)12-11-21(37)38)24(27(34)36)25(45-4)26(32)34/h6-10,19-20,23-30,40,42H,11-17H2,1-5H3,(H,37,38)/t19-,20+,23-,24+,25+,26-,27?,28+,29-,30+,32+,33-,34+,35-/m1/s1. The molecule has 1 spiro atoms. The topological polar surface area (TPSA) is 171 Å². The van der Waals surface area contributed by atoms with E-state index in [2.05, 4.69) is 4.90 Å². The van der Waals surface area contributed by atoms with Crippen molar-refractivity contribution >= 4 is 17.9 Å². The van der Waals surface area contributed by atoms with E-state index in [1.165, 1.54) is 7.11 Å². The summed E-state index contributed by atoms with van der Waals surface area (Å²) in [5.41, 5.74) is -4.48. The van der Waals surface area contributed by atoms with Gasteiger partial charge in [-0.3, -0.25) is 9.59 Å². The second kappa shape index (κ2) is 11.7. The van der Waals surface area contributed by atoms with Gasteiger partial charge < -0.3 is 48.6 Å². The third-order valence-corrected chi connectivity index (χ3v) is 13.3. The molecule has 5 aliphatic carbocycles. The first-order valence-electron chi connectivity index (χ1n) is 16.8. The van der Waals surface area contributed by atoms with Gasteiger partial charge in [0.05, 0.1) is 37.2 Å². The summed E-state index contributed by atoms with van der Waals surface area (Å²) in [6.45, 7) is 1.09. The molecule has 0 aromatic heterocycles. The largest absolute Gasteiger partial charge is 0.481 e. The second-order valence-electron chi connectivity index (χ2n) is 15.0. The molecular formula is C35H47NO12. The van der Waals surface area contributed by atoms with Gasteiger partial charge in [0, 0.05) is 69.6 Å². The van der Waals surface area contributed by atoms with Crippen molar-refractivity contribution in [1.82, 2.24) is 4.90 Å². The van der Waals surface area contributed by atoms with E-state index in [9.17, 15) is 29.7 Å². The third kappa shape index (κ3) is 4.12. The van der Waals surface area contributed by atoms with Gasteiger partial charge in [-0.2, -0.15) is 0 Å². The quantitative estimate of drug-likeness (QED) is 0.286. The average Bonchev–Trinajstić information content (AvgIpc) is 3.45. The van der Waals surface area contributed by atoms with Crippen molar-refractivity contribution in [3.8, 4) is 0 Å². The van der Waals surface area contributed by atoms with E-state index in [-0.39, 0.29) is 30.0 Å². The van der Waals surface area contributed by atoms with E-state index in [4.69, 9.17) is 28.4 Å². The predicted octanol–water partition coefficient (Wildman–Crippen LogP) is 1.13. The number of carboxylic acids is 1. The van der Waals surface area contributed by atoms with E-state index >= 15 is 0 Å². The number of rotatable bonds is 11. The molecule has 48 heavy (non-hydrogen) atoms. The Balaban J connectivity index is 1.49. The molecule has 0 amide bonds. The number of aliphatic carboxylic acids is 1. The zero-order valence-corrected chi connectivity index (χ0v) is 28.1. The smallest absolute Gasteiger partial charge is 0.338 e. The van der Waals surface area contributed by atoms with Gasteiger partial charge in [0.15, 0.2) is 5.60 Å². The van der Waals surface area contributed by atoms with Crippen LogP contribution in [0.25, 0.3) is 0 Å². The Bertz CT molecular complexity index is 1440. The number of hydrogen-bond donors (Lipinski definition) is 3. The Morgan fingerprint density at radius 1 is 0.979 bits per heavy atom. The molecular weight excluding hydrogens is 626 g/mol. The first-order chi connectivity index (χ1) is 22.9. The maximum absolute atomic E-state index is 13.8. The van der Waals surface area contributed by atoms with Gasteiger partial charge in [0.1, 0.15) is 23.9 Å². The molecule has 7 bridgehead atoms. The summed E-state index contributed by atoms with van der Waals surface area (Å²) in [6, 6.07) is 8.08. The van der Waals surface area contributed by atoms with Crippen molar-refractivity contribution in [2.75, 3.05) is 48.6 Å². The Morgan fingerprint density at radius 3 is 2.33 bits per heavy atom. The zero-order chi connectivity index (χ0) is 34.4. The van der Waals surface area contributed by atoms with E-state index in [1.807, 2.05) is 7.05 Å². The van der Waals surface area contributed by atoms with Crippen LogP contribution in [-0.4, -0.2) is 135 Å². The van der Waals surface area contributed by atoms with Crippen molar-refractivity contribution in [1.29, 1.82) is 0 Å². The second-order valence-corrected chi connectivity index (χ2v) is 15.0. The fourth-order valence-electron chi connectivity index (χ4n) is 12.5. The molecule has 1 aromatic rings. The lowest BCUT2D eigenvalue weighted by atomic mass is 9.43. The Morgan fingerprint density at radius 2 is 1.71 bits per heavy atom. The summed E-state index contributed by atoms with van der Waals surface area (Å²) in [6.07, 6.45) is -4.39. The fourth-order valence-corrected chi connectivity index (χ4v) is 12.5. The van der Waals surface area contributed by atoms with Crippen LogP contribution in [0.1, 0.15) is 42.5 Å². The predicted molar refractivity (Wildman–Crippen MR) is 166 cm³/mol. The molecule has 264 valence electrons. The number of carbonyl (C=O) groups is 3. The first kappa shape index (κ1) is 33.8. The molecule has 1 heterocycles. The Hall–Kier alpha value is -2.65. The lowest BCUT2D eigenvalue weighted by Crippen LogP contribution is -2.80. The SMILES string of the molecule is COC[C@@]12CC[C@H](OC)[C@]34C([C@H]([C@H](OC)[C@H]13)[C@]1(OC(=O)CCC(=O)O)[C@H]3[C@@H](OC(=O)c5ccccc5)[C@](O)(C[C@H]34)[C@@H](OC)[C@@H]1O)N(C)C2. The van der Waals surface area contributed by atoms with Crippen molar-refractivity contribution in [2.45, 2.75) is 79.9 Å². The number of aliphatic hydroxyl groups is 2. The number of benzene rings is 1. The van der Waals surface area contributed by atoms with E-state index in [0.717, 1.165) is 6.42 Å². The molecule has 5 saturated carbocycles. The maximum atomic E-state index is 13.8. The molecule has 1 aromatic carbocycles. The minimum atomic E-state index is -1.86. The summed E-state index contributed by atoms with van der Waals surface area (Å²) in [4.78, 5) is 41.4. The number of nitrogens with zero attached hydrogens (tertiary/aromatic N) is 1. The molecule has 1 aliphatic heterocycles. The van der Waals surface area contributed by atoms with Crippen LogP contribution in [0, 0.1) is 34.5 Å². The summed E-state index contributed by atoms with van der Waals surface area (Å²) in [5.74, 6) is -4.97. The van der Waals surface area contributed by atoms with Gasteiger partial charge in [-0.05, 0) is 44.4 Å². The third-order valence-electron chi connectivity index (χ3n) is 13.3. The van der Waals surface area contributed by atoms with Crippen LogP contribution in [0.2, 0.25) is 0 Å². The highest BCUT2D eigenvalue weighted by molar-refractivity contribution is 5.89. The van der Waals surface area contributed by atoms with Crippen LogP contribution >= 0.6 is 0 Å². The van der Waals surface area contributed by atoms with Gasteiger partial charge in [-0.15, -0.1) is 0 Å². The molecule has 1 unspecified atom stereocenters. The Labute approximate surface area is 279 Å². The molecule has 1 saturated heterocycles. The van der Waals surface area contributed by atoms with Crippen molar-refractivity contribution in [2.24, 2.45) is 34.5 Å². The number of ether oxygens (including phenoxy) is 6. The molecule has 14 atom stereocenters. The van der Waals surface area contributed by atoms with Gasteiger partial charge in [-0.1, -0.05) is 18.2 Å². The molecule has 7 rings (SSSR count). The molecule has 6 aliphatic rings. The first-order valence-corrected chi connectivity index (χ1v) is 16.8. The molecule has 6 fully saturated rings. The van der Waals surface area contributed by atoms with Crippen molar-refractivity contribution in [3.63, 3.8) is 0 Å². The summed E-state index contributed by atoms with van der Waals surface area (Å²) in [5, 5.41) is 34.8. The van der Waals surface area contributed by atoms with Crippen LogP contribution in [0.5, 0.6) is 0 Å². The molecule has 13 heteroatoms. The number of aliphatic hydroxyl groups excluding tert-OH is 1. The van der Waals surface area contributed by atoms with Crippen LogP contribution < -0.4 is 0 Å². The average molecular weight is 674 g/mol. The Kier molecular flexibility index (Phi) is 8.26. The van der Waals surface area contributed by atoms with Crippen LogP contribution in [-0.2, 0) is 38.0 Å². The van der Waals surface area contributed by atoms with Gasteiger partial charge >= 0.3 is 17.9 Å². The lowest BCUT2D eigenvalue weighted by Gasteiger charge is -2.69. The highest BCUT2D eigenvalue weighted by atomic mass is 16.6. The number of piperidine rings is 1. The van der Waals surface area contributed by atoms with Gasteiger partial charge in [0.2, 0.25) is 0 Å². The van der Waals surface area contributed by atoms with Crippen molar-refractivity contribution < 1.29 is 58.1 Å². The fraction of sp³-hybridized carbons (Fsp3) is 0.743. The minimum absolute atomic E-state index is 0.0707. The number of carbonyl (C=O) groups excluding carboxylic acids is 2. The maximum Gasteiger partial charge on any atom is 0.338 e. The lowest BCUT2D eigenvalue weighted by molar-refractivity contribution is -0.317. The normalized spacial score (nSPS) is 46.6. The molecule has 13 nitrogen and oxygen atoms in total. The number of fused-ring (bicyclic) bond motifs is 2. The van der Waals surface area contributed by atoms with E-state index < -0.39 is 95.0 Å². The van der Waals surface area contributed by atoms with Gasteiger partial charge in [0.25, 0.3) is 0 Å². The minimum Gasteiger partial charge on any atom is -0.481 e. The summed E-state index contributed by atoms with van der Waals surface area (Å²) >= 11 is 0. The zero-order valence-electron chi connectivity index (χ0n) is 28.1. The number of carboxylic acid groups (broad SMARTS) is 1. The summed E-state index contributed by atoms with van der Waals surface area (Å²) < 4.78 is 37.6. The monoisotopic (exact) mass is 673 g/mol. The highest BCUT2D eigenvalue weighted by Crippen LogP contribution is 2.80. The number of likely N-dealkylation sites (tertiary alicyclic amines) is 1. The number of methoxy groups -OCH3 is 4. The van der Waals surface area contributed by atoms with Crippen LogP contribution in [0.3, 0.4) is 0 Å².